The Balaban J connectivity index is 0.00000165. The molecule has 216 valence electrons. The number of aryl methyl sites for hydroxylation is 1. The van der Waals surface area contributed by atoms with Crippen LogP contribution in [0.4, 0.5) is 11.4 Å². The average molecular weight is 584 g/mol. The lowest BCUT2D eigenvalue weighted by Crippen LogP contribution is -2.32. The molecule has 0 amide bonds. The van der Waals surface area contributed by atoms with Crippen LogP contribution in [0.3, 0.4) is 0 Å². The molecule has 3 heterocycles. The van der Waals surface area contributed by atoms with E-state index >= 15 is 0 Å². The average Bonchev–Trinajstić information content (AvgIpc) is 3.79. The highest BCUT2D eigenvalue weighted by Gasteiger charge is 2.50. The molecular formula is C37H45NOS2. The highest BCUT2D eigenvalue weighted by molar-refractivity contribution is 7.24. The van der Waals surface area contributed by atoms with E-state index in [4.69, 9.17) is 0 Å². The van der Waals surface area contributed by atoms with Crippen LogP contribution in [0.5, 0.6) is 0 Å². The van der Waals surface area contributed by atoms with Crippen LogP contribution in [-0.4, -0.2) is 12.3 Å². The zero-order valence-corrected chi connectivity index (χ0v) is 27.0. The number of aldehydes is 1. The van der Waals surface area contributed by atoms with Gasteiger partial charge in [0.15, 0.2) is 6.29 Å². The van der Waals surface area contributed by atoms with Crippen molar-refractivity contribution in [2.45, 2.75) is 91.5 Å². The number of hydrogen-bond acceptors (Lipinski definition) is 4. The first-order valence-electron chi connectivity index (χ1n) is 15.8. The van der Waals surface area contributed by atoms with Crippen LogP contribution in [0.15, 0.2) is 66.7 Å². The lowest BCUT2D eigenvalue weighted by Gasteiger charge is -2.31. The summed E-state index contributed by atoms with van der Waals surface area (Å²) < 4.78 is 0. The quantitative estimate of drug-likeness (QED) is 0.137. The summed E-state index contributed by atoms with van der Waals surface area (Å²) in [6, 6.07) is 25.5. The molecule has 0 saturated heterocycles. The van der Waals surface area contributed by atoms with Crippen molar-refractivity contribution in [1.82, 2.24) is 0 Å². The third-order valence-corrected chi connectivity index (χ3v) is 11.4. The summed E-state index contributed by atoms with van der Waals surface area (Å²) in [4.78, 5) is 18.7. The predicted molar refractivity (Wildman–Crippen MR) is 180 cm³/mol. The molecule has 6 rings (SSSR count). The second-order valence-electron chi connectivity index (χ2n) is 11.5. The predicted octanol–water partition coefficient (Wildman–Crippen LogP) is 11.8. The fourth-order valence-electron chi connectivity index (χ4n) is 7.16. The molecule has 4 heteroatoms. The number of benzene rings is 2. The number of carbonyl (C=O) groups is 1. The SMILES string of the molecule is CC.CCCCCCc1cc(-c2ccc(N3c4ccccc4C4C(C)CC(CC)C43)cc2)sc1-c1ccc(C=O)s1. The Morgan fingerprint density at radius 3 is 2.39 bits per heavy atom. The fraction of sp³-hybridized carbons (Fsp3) is 0.432. The number of thiophene rings is 2. The fourth-order valence-corrected chi connectivity index (χ4v) is 9.34. The molecule has 41 heavy (non-hydrogen) atoms. The zero-order chi connectivity index (χ0) is 28.9. The topological polar surface area (TPSA) is 20.3 Å². The van der Waals surface area contributed by atoms with Gasteiger partial charge in [0.1, 0.15) is 0 Å². The van der Waals surface area contributed by atoms with Gasteiger partial charge in [-0.05, 0) is 84.2 Å². The number of carbonyl (C=O) groups excluding carboxylic acids is 1. The molecule has 0 bridgehead atoms. The van der Waals surface area contributed by atoms with E-state index < -0.39 is 0 Å². The maximum atomic E-state index is 11.4. The summed E-state index contributed by atoms with van der Waals surface area (Å²) in [5.41, 5.74) is 6.97. The highest BCUT2D eigenvalue weighted by Crippen LogP contribution is 2.57. The van der Waals surface area contributed by atoms with Crippen molar-refractivity contribution >= 4 is 40.3 Å². The lowest BCUT2D eigenvalue weighted by atomic mass is 9.89. The summed E-state index contributed by atoms with van der Waals surface area (Å²) in [5.74, 6) is 2.08. The van der Waals surface area contributed by atoms with Gasteiger partial charge in [0.25, 0.3) is 0 Å². The molecule has 0 spiro atoms. The molecule has 1 fully saturated rings. The molecule has 0 radical (unpaired) electrons. The normalized spacial score (nSPS) is 20.9. The Morgan fingerprint density at radius 2 is 1.68 bits per heavy atom. The van der Waals surface area contributed by atoms with Gasteiger partial charge in [-0.15, -0.1) is 22.7 Å². The first-order valence-corrected chi connectivity index (χ1v) is 17.4. The molecule has 2 nitrogen and oxygen atoms in total. The second-order valence-corrected chi connectivity index (χ2v) is 13.6. The number of fused-ring (bicyclic) bond motifs is 3. The number of anilines is 2. The van der Waals surface area contributed by atoms with Crippen molar-refractivity contribution < 1.29 is 4.79 Å². The van der Waals surface area contributed by atoms with Crippen LogP contribution in [0, 0.1) is 11.8 Å². The molecule has 1 saturated carbocycles. The zero-order valence-electron chi connectivity index (χ0n) is 25.4. The number of hydrogen-bond donors (Lipinski definition) is 0. The molecule has 1 aliphatic carbocycles. The molecule has 2 aliphatic rings. The maximum absolute atomic E-state index is 11.4. The van der Waals surface area contributed by atoms with Gasteiger partial charge in [0, 0.05) is 38.0 Å². The Labute approximate surface area is 255 Å². The van der Waals surface area contributed by atoms with Crippen molar-refractivity contribution in [2.75, 3.05) is 4.90 Å². The summed E-state index contributed by atoms with van der Waals surface area (Å²) in [7, 11) is 0. The minimum atomic E-state index is 0.558. The smallest absolute Gasteiger partial charge is 0.160 e. The van der Waals surface area contributed by atoms with Gasteiger partial charge < -0.3 is 4.90 Å². The molecule has 2 aromatic carbocycles. The third-order valence-electron chi connectivity index (χ3n) is 9.02. The van der Waals surface area contributed by atoms with Gasteiger partial charge in [0.2, 0.25) is 0 Å². The van der Waals surface area contributed by atoms with Crippen molar-refractivity contribution in [3.05, 3.63) is 82.7 Å². The van der Waals surface area contributed by atoms with E-state index in [-0.39, 0.29) is 0 Å². The second kappa shape index (κ2) is 13.5. The standard InChI is InChI=1S/C35H39NOS2.C2H6/c1-4-6-7-8-11-26-21-32(39-35(26)31-19-18-28(22-37)38-31)25-14-16-27(17-15-25)36-30-13-10-9-12-29(30)33-23(3)20-24(5-2)34(33)36;1-2/h9-10,12-19,21-24,33-34H,4-8,11,20H2,1-3H3;1-2H3. The van der Waals surface area contributed by atoms with Crippen LogP contribution >= 0.6 is 22.7 Å². The van der Waals surface area contributed by atoms with Crippen LogP contribution in [0.1, 0.15) is 99.9 Å². The lowest BCUT2D eigenvalue weighted by molar-refractivity contribution is 0.112. The largest absolute Gasteiger partial charge is 0.337 e. The Morgan fingerprint density at radius 1 is 0.902 bits per heavy atom. The number of unbranched alkanes of at least 4 members (excludes halogenated alkanes) is 3. The van der Waals surface area contributed by atoms with Crippen molar-refractivity contribution in [3.63, 3.8) is 0 Å². The van der Waals surface area contributed by atoms with E-state index in [1.165, 1.54) is 81.2 Å². The Bertz CT molecular complexity index is 1430. The third kappa shape index (κ3) is 5.83. The number of nitrogens with zero attached hydrogens (tertiary/aromatic N) is 1. The molecule has 4 aromatic rings. The monoisotopic (exact) mass is 583 g/mol. The van der Waals surface area contributed by atoms with E-state index in [0.29, 0.717) is 12.0 Å². The molecule has 1 aliphatic heterocycles. The van der Waals surface area contributed by atoms with E-state index in [1.807, 2.05) is 31.3 Å². The molecule has 4 atom stereocenters. The van der Waals surface area contributed by atoms with Crippen LogP contribution in [0.25, 0.3) is 20.2 Å². The van der Waals surface area contributed by atoms with E-state index in [0.717, 1.165) is 29.4 Å². The Kier molecular flexibility index (Phi) is 9.83. The minimum Gasteiger partial charge on any atom is -0.337 e. The summed E-state index contributed by atoms with van der Waals surface area (Å²) >= 11 is 3.49. The minimum absolute atomic E-state index is 0.558. The molecule has 4 unspecified atom stereocenters. The summed E-state index contributed by atoms with van der Waals surface area (Å²) in [5, 5.41) is 0. The van der Waals surface area contributed by atoms with Gasteiger partial charge >= 0.3 is 0 Å². The van der Waals surface area contributed by atoms with Gasteiger partial charge in [-0.3, -0.25) is 4.79 Å². The van der Waals surface area contributed by atoms with Crippen LogP contribution < -0.4 is 4.90 Å². The molecule has 0 N–H and O–H groups in total. The van der Waals surface area contributed by atoms with Crippen molar-refractivity contribution in [1.29, 1.82) is 0 Å². The highest BCUT2D eigenvalue weighted by atomic mass is 32.1. The number of rotatable bonds is 10. The van der Waals surface area contributed by atoms with Crippen LogP contribution in [-0.2, 0) is 6.42 Å². The maximum Gasteiger partial charge on any atom is 0.160 e. The Hall–Kier alpha value is -2.69. The van der Waals surface area contributed by atoms with E-state index in [9.17, 15) is 4.79 Å². The van der Waals surface area contributed by atoms with Gasteiger partial charge in [-0.25, -0.2) is 0 Å². The van der Waals surface area contributed by atoms with Gasteiger partial charge in [-0.2, -0.15) is 0 Å². The first-order chi connectivity index (χ1) is 20.1. The van der Waals surface area contributed by atoms with Gasteiger partial charge in [-0.1, -0.05) is 90.6 Å². The number of para-hydroxylation sites is 1. The van der Waals surface area contributed by atoms with Gasteiger partial charge in [0.05, 0.1) is 4.88 Å². The summed E-state index contributed by atoms with van der Waals surface area (Å²) in [6.07, 6.45) is 9.67. The summed E-state index contributed by atoms with van der Waals surface area (Å²) in [6.45, 7) is 11.1. The molecule has 2 aromatic heterocycles. The van der Waals surface area contributed by atoms with E-state index in [2.05, 4.69) is 86.3 Å². The van der Waals surface area contributed by atoms with Crippen LogP contribution in [0.2, 0.25) is 0 Å². The molecular weight excluding hydrogens is 539 g/mol. The first kappa shape index (κ1) is 29.8. The van der Waals surface area contributed by atoms with Crippen molar-refractivity contribution in [2.24, 2.45) is 11.8 Å². The van der Waals surface area contributed by atoms with E-state index in [1.54, 1.807) is 11.3 Å². The van der Waals surface area contributed by atoms with Crippen molar-refractivity contribution in [3.8, 4) is 20.2 Å².